The molecule has 0 fully saturated rings. The van der Waals surface area contributed by atoms with E-state index >= 15 is 0 Å². The van der Waals surface area contributed by atoms with E-state index in [1.165, 1.54) is 15.9 Å². The number of halogens is 1. The molecule has 134 valence electrons. The van der Waals surface area contributed by atoms with Crippen LogP contribution in [0.3, 0.4) is 0 Å². The first kappa shape index (κ1) is 20.4. The molecule has 0 radical (unpaired) electrons. The van der Waals surface area contributed by atoms with Crippen molar-refractivity contribution in [2.24, 2.45) is 0 Å². The van der Waals surface area contributed by atoms with Crippen LogP contribution < -0.4 is 28.3 Å². The van der Waals surface area contributed by atoms with Gasteiger partial charge in [-0.25, -0.2) is 0 Å². The molecule has 0 atom stereocenters. The normalized spacial score (nSPS) is 10.8. The minimum absolute atomic E-state index is 0. The third kappa shape index (κ3) is 4.41. The van der Waals surface area contributed by atoms with Gasteiger partial charge >= 0.3 is 0 Å². The molecule has 0 bridgehead atoms. The van der Waals surface area contributed by atoms with Gasteiger partial charge < -0.3 is 17.2 Å². The third-order valence-corrected chi connectivity index (χ3v) is 9.14. The predicted molar refractivity (Wildman–Crippen MR) is 110 cm³/mol. The van der Waals surface area contributed by atoms with E-state index < -0.39 is 7.26 Å². The molecule has 0 spiro atoms. The van der Waals surface area contributed by atoms with Gasteiger partial charge in [0, 0.05) is 6.42 Å². The minimum Gasteiger partial charge on any atom is -1.00 e. The van der Waals surface area contributed by atoms with Crippen molar-refractivity contribution in [1.82, 2.24) is 0 Å². The number of Topliss-reactive ketones (excluding diaryl/α,β-unsaturated/α-hetero) is 1. The summed E-state index contributed by atoms with van der Waals surface area (Å²) in [7, 11) is -1.76. The average molecular weight is 383 g/mol. The Morgan fingerprint density at radius 3 is 1.35 bits per heavy atom. The smallest absolute Gasteiger partial charge is 0.129 e. The number of carbonyl (C=O) groups is 1. The zero-order valence-corrected chi connectivity index (χ0v) is 16.7. The Morgan fingerprint density at radius 2 is 1.04 bits per heavy atom. The van der Waals surface area contributed by atoms with Crippen molar-refractivity contribution in [2.45, 2.75) is 19.8 Å². The highest BCUT2D eigenvalue weighted by Crippen LogP contribution is 2.55. The van der Waals surface area contributed by atoms with E-state index in [-0.39, 0.29) is 18.2 Å². The topological polar surface area (TPSA) is 17.1 Å². The van der Waals surface area contributed by atoms with Crippen molar-refractivity contribution >= 4 is 29.0 Å². The van der Waals surface area contributed by atoms with Crippen molar-refractivity contribution in [1.29, 1.82) is 0 Å². The van der Waals surface area contributed by atoms with Gasteiger partial charge in [-0.1, -0.05) is 54.6 Å². The second-order valence-corrected chi connectivity index (χ2v) is 9.96. The highest BCUT2D eigenvalue weighted by atomic mass is 35.5. The lowest BCUT2D eigenvalue weighted by Gasteiger charge is -2.27. The van der Waals surface area contributed by atoms with Crippen LogP contribution in [0.5, 0.6) is 0 Å². The predicted octanol–water partition coefficient (Wildman–Crippen LogP) is 1.35. The first-order valence-electron chi connectivity index (χ1n) is 8.78. The van der Waals surface area contributed by atoms with Crippen LogP contribution in [0.2, 0.25) is 0 Å². The summed E-state index contributed by atoms with van der Waals surface area (Å²) in [6.45, 7) is 1.69. The van der Waals surface area contributed by atoms with Gasteiger partial charge in [0.25, 0.3) is 0 Å². The summed E-state index contributed by atoms with van der Waals surface area (Å²) >= 11 is 0. The molecule has 3 aromatic carbocycles. The molecule has 0 saturated carbocycles. The molecular weight excluding hydrogens is 359 g/mol. The van der Waals surface area contributed by atoms with Crippen LogP contribution in [0.1, 0.15) is 19.8 Å². The summed E-state index contributed by atoms with van der Waals surface area (Å²) in [4.78, 5) is 11.6. The Morgan fingerprint density at radius 1 is 0.692 bits per heavy atom. The molecule has 0 unspecified atom stereocenters. The van der Waals surface area contributed by atoms with Gasteiger partial charge in [0.05, 0.1) is 6.16 Å². The highest BCUT2D eigenvalue weighted by molar-refractivity contribution is 7.95. The number of hydrogen-bond donors (Lipinski definition) is 0. The Labute approximate surface area is 163 Å². The van der Waals surface area contributed by atoms with Crippen LogP contribution in [0.15, 0.2) is 91.0 Å². The van der Waals surface area contributed by atoms with E-state index in [2.05, 4.69) is 91.0 Å². The van der Waals surface area contributed by atoms with Crippen LogP contribution in [0.25, 0.3) is 0 Å². The summed E-state index contributed by atoms with van der Waals surface area (Å²) < 4.78 is 0. The lowest BCUT2D eigenvalue weighted by Crippen LogP contribution is -3.00. The third-order valence-electron chi connectivity index (χ3n) is 4.61. The maximum absolute atomic E-state index is 11.6. The van der Waals surface area contributed by atoms with Crippen LogP contribution in [0.4, 0.5) is 0 Å². The van der Waals surface area contributed by atoms with Crippen molar-refractivity contribution < 1.29 is 17.2 Å². The lowest BCUT2D eigenvalue weighted by molar-refractivity contribution is -0.117. The van der Waals surface area contributed by atoms with Crippen LogP contribution in [-0.4, -0.2) is 11.9 Å². The molecule has 1 nitrogen and oxygen atoms in total. The molecule has 0 aromatic heterocycles. The molecule has 0 N–H and O–H groups in total. The first-order chi connectivity index (χ1) is 12.2. The Hall–Kier alpha value is -1.95. The summed E-state index contributed by atoms with van der Waals surface area (Å²) in [5.74, 6) is 0.271. The molecule has 0 amide bonds. The molecule has 3 rings (SSSR count). The van der Waals surface area contributed by atoms with E-state index in [9.17, 15) is 4.79 Å². The van der Waals surface area contributed by atoms with Crippen molar-refractivity contribution in [3.05, 3.63) is 91.0 Å². The minimum atomic E-state index is -1.76. The van der Waals surface area contributed by atoms with Crippen LogP contribution >= 0.6 is 7.26 Å². The summed E-state index contributed by atoms with van der Waals surface area (Å²) in [5, 5.41) is 4.16. The number of rotatable bonds is 7. The standard InChI is InChI=1S/C23H24OP.ClH/c1-20(24)12-11-19-25(21-13-5-2-6-14-21,22-15-7-3-8-16-22)23-17-9-4-10-18-23;/h2-10,13-18H,11-12,19H2,1H3;1H/q+1;/p-1. The van der Waals surface area contributed by atoms with Gasteiger partial charge in [0.2, 0.25) is 0 Å². The molecule has 3 heteroatoms. The van der Waals surface area contributed by atoms with E-state index in [4.69, 9.17) is 0 Å². The van der Waals surface area contributed by atoms with Gasteiger partial charge in [-0.05, 0) is 49.7 Å². The lowest BCUT2D eigenvalue weighted by atomic mass is 10.3. The Balaban J connectivity index is 0.00000243. The molecule has 0 aliphatic heterocycles. The largest absolute Gasteiger partial charge is 1.00 e. The van der Waals surface area contributed by atoms with Gasteiger partial charge in [0.15, 0.2) is 0 Å². The molecule has 0 aliphatic carbocycles. The van der Waals surface area contributed by atoms with Gasteiger partial charge in [-0.15, -0.1) is 0 Å². The van der Waals surface area contributed by atoms with Gasteiger partial charge in [0.1, 0.15) is 29.0 Å². The highest BCUT2D eigenvalue weighted by Gasteiger charge is 2.44. The van der Waals surface area contributed by atoms with Gasteiger partial charge in [-0.3, -0.25) is 0 Å². The van der Waals surface area contributed by atoms with Crippen molar-refractivity contribution in [3.63, 3.8) is 0 Å². The van der Waals surface area contributed by atoms with E-state index in [1.54, 1.807) is 6.92 Å². The number of carbonyl (C=O) groups excluding carboxylic acids is 1. The van der Waals surface area contributed by atoms with E-state index in [0.717, 1.165) is 12.6 Å². The zero-order valence-electron chi connectivity index (χ0n) is 15.0. The van der Waals surface area contributed by atoms with E-state index in [1.807, 2.05) is 0 Å². The number of hydrogen-bond acceptors (Lipinski definition) is 1. The number of ketones is 1. The quantitative estimate of drug-likeness (QED) is 0.564. The van der Waals surface area contributed by atoms with Crippen LogP contribution in [0, 0.1) is 0 Å². The molecule has 0 aliphatic rings. The summed E-state index contributed by atoms with van der Waals surface area (Å²) in [5.41, 5.74) is 0. The molecule has 0 saturated heterocycles. The SMILES string of the molecule is CC(=O)CCC[P+](c1ccccc1)(c1ccccc1)c1ccccc1.[Cl-]. The fourth-order valence-corrected chi connectivity index (χ4v) is 7.79. The number of benzene rings is 3. The van der Waals surface area contributed by atoms with Crippen LogP contribution in [-0.2, 0) is 4.79 Å². The second-order valence-electron chi connectivity index (χ2n) is 6.35. The molecular formula is C23H24ClOP. The Kier molecular flexibility index (Phi) is 7.57. The average Bonchev–Trinajstić information content (AvgIpc) is 2.67. The fourth-order valence-electron chi connectivity index (χ4n) is 3.45. The van der Waals surface area contributed by atoms with Gasteiger partial charge in [-0.2, -0.15) is 0 Å². The Bertz CT molecular complexity index is 707. The van der Waals surface area contributed by atoms with Crippen molar-refractivity contribution in [2.75, 3.05) is 6.16 Å². The van der Waals surface area contributed by atoms with E-state index in [0.29, 0.717) is 6.42 Å². The monoisotopic (exact) mass is 382 g/mol. The first-order valence-corrected chi connectivity index (χ1v) is 10.8. The summed E-state index contributed by atoms with van der Waals surface area (Å²) in [6.07, 6.45) is 2.58. The maximum atomic E-state index is 11.6. The van der Waals surface area contributed by atoms with Crippen molar-refractivity contribution in [3.8, 4) is 0 Å². The maximum Gasteiger partial charge on any atom is 0.129 e. The second kappa shape index (κ2) is 9.67. The molecule has 0 heterocycles. The summed E-state index contributed by atoms with van der Waals surface area (Å²) in [6, 6.07) is 32.5. The molecule has 26 heavy (non-hydrogen) atoms. The fraction of sp³-hybridized carbons (Fsp3) is 0.174. The zero-order chi connectivity index (χ0) is 17.5. The molecule has 3 aromatic rings.